The molecule has 8 heteroatoms. The lowest BCUT2D eigenvalue weighted by molar-refractivity contribution is -0.116. The smallest absolute Gasteiger partial charge is 0.240 e. The highest BCUT2D eigenvalue weighted by Crippen LogP contribution is 2.32. The van der Waals surface area contributed by atoms with Crippen LogP contribution in [-0.2, 0) is 14.8 Å². The van der Waals surface area contributed by atoms with E-state index < -0.39 is 10.0 Å². The predicted molar refractivity (Wildman–Crippen MR) is 102 cm³/mol. The largest absolute Gasteiger partial charge is 0.486 e. The molecule has 0 spiro atoms. The van der Waals surface area contributed by atoms with Crippen molar-refractivity contribution >= 4 is 21.6 Å². The van der Waals surface area contributed by atoms with Crippen LogP contribution >= 0.6 is 0 Å². The topological polar surface area (TPSA) is 93.7 Å². The van der Waals surface area contributed by atoms with Gasteiger partial charge in [0.1, 0.15) is 13.2 Å². The molecule has 3 rings (SSSR count). The van der Waals surface area contributed by atoms with Gasteiger partial charge in [0.15, 0.2) is 11.5 Å². The first kappa shape index (κ1) is 19.2. The maximum atomic E-state index is 12.4. The number of benzene rings is 2. The van der Waals surface area contributed by atoms with Crippen molar-refractivity contribution in [2.45, 2.75) is 25.2 Å². The summed E-state index contributed by atoms with van der Waals surface area (Å²) in [6, 6.07) is 10.4. The SMILES string of the molecule is Cc1ccc(C)c(S(=O)(=O)NCCC(=O)Nc2ccc3c(c2)OCCO3)c1. The van der Waals surface area contributed by atoms with Gasteiger partial charge in [-0.05, 0) is 43.2 Å². The van der Waals surface area contributed by atoms with E-state index in [-0.39, 0.29) is 23.8 Å². The molecule has 0 unspecified atom stereocenters. The van der Waals surface area contributed by atoms with Gasteiger partial charge >= 0.3 is 0 Å². The van der Waals surface area contributed by atoms with Crippen LogP contribution in [0.1, 0.15) is 17.5 Å². The van der Waals surface area contributed by atoms with Crippen molar-refractivity contribution in [3.8, 4) is 11.5 Å². The number of fused-ring (bicyclic) bond motifs is 1. The number of nitrogens with one attached hydrogen (secondary N) is 2. The summed E-state index contributed by atoms with van der Waals surface area (Å²) in [5, 5.41) is 2.73. The molecule has 0 atom stereocenters. The van der Waals surface area contributed by atoms with Crippen LogP contribution in [0.25, 0.3) is 0 Å². The van der Waals surface area contributed by atoms with Gasteiger partial charge in [0.05, 0.1) is 4.90 Å². The fourth-order valence-electron chi connectivity index (χ4n) is 2.72. The Balaban J connectivity index is 1.55. The Morgan fingerprint density at radius 3 is 2.56 bits per heavy atom. The molecule has 0 aliphatic carbocycles. The number of aryl methyl sites for hydroxylation is 2. The quantitative estimate of drug-likeness (QED) is 0.790. The number of carbonyl (C=O) groups excluding carboxylic acids is 1. The van der Waals surface area contributed by atoms with Gasteiger partial charge in [-0.15, -0.1) is 0 Å². The van der Waals surface area contributed by atoms with Crippen LogP contribution in [-0.4, -0.2) is 34.1 Å². The summed E-state index contributed by atoms with van der Waals surface area (Å²) in [5.74, 6) is 0.922. The Bertz CT molecular complexity index is 957. The number of rotatable bonds is 6. The number of anilines is 1. The van der Waals surface area contributed by atoms with E-state index in [1.54, 1.807) is 37.3 Å². The maximum absolute atomic E-state index is 12.4. The van der Waals surface area contributed by atoms with Crippen molar-refractivity contribution in [2.75, 3.05) is 25.1 Å². The molecule has 1 aliphatic rings. The van der Waals surface area contributed by atoms with Crippen LogP contribution in [0.4, 0.5) is 5.69 Å². The lowest BCUT2D eigenvalue weighted by Gasteiger charge is -2.19. The van der Waals surface area contributed by atoms with E-state index in [1.807, 2.05) is 13.0 Å². The van der Waals surface area contributed by atoms with E-state index in [9.17, 15) is 13.2 Å². The minimum absolute atomic E-state index is 0.00605. The van der Waals surface area contributed by atoms with Crippen LogP contribution in [0.3, 0.4) is 0 Å². The summed E-state index contributed by atoms with van der Waals surface area (Å²) >= 11 is 0. The normalized spacial score (nSPS) is 13.3. The van der Waals surface area contributed by atoms with Gasteiger partial charge in [0.25, 0.3) is 0 Å². The molecule has 0 aromatic heterocycles. The van der Waals surface area contributed by atoms with Crippen molar-refractivity contribution in [3.05, 3.63) is 47.5 Å². The Hall–Kier alpha value is -2.58. The molecule has 0 saturated heterocycles. The Kier molecular flexibility index (Phi) is 5.67. The Morgan fingerprint density at radius 2 is 1.78 bits per heavy atom. The van der Waals surface area contributed by atoms with Gasteiger partial charge in [0.2, 0.25) is 15.9 Å². The molecule has 144 valence electrons. The first-order valence-corrected chi connectivity index (χ1v) is 10.1. The second-order valence-electron chi connectivity index (χ2n) is 6.32. The van der Waals surface area contributed by atoms with Crippen molar-refractivity contribution in [1.82, 2.24) is 4.72 Å². The Morgan fingerprint density at radius 1 is 1.04 bits per heavy atom. The number of amides is 1. The number of carbonyl (C=O) groups is 1. The van der Waals surface area contributed by atoms with Crippen LogP contribution in [0, 0.1) is 13.8 Å². The average molecular weight is 390 g/mol. The number of hydrogen-bond donors (Lipinski definition) is 2. The van der Waals surface area contributed by atoms with E-state index in [1.165, 1.54) is 0 Å². The molecule has 2 N–H and O–H groups in total. The fourth-order valence-corrected chi connectivity index (χ4v) is 4.08. The summed E-state index contributed by atoms with van der Waals surface area (Å²) in [4.78, 5) is 12.3. The third kappa shape index (κ3) is 4.78. The molecule has 2 aromatic rings. The zero-order valence-corrected chi connectivity index (χ0v) is 16.1. The molecule has 27 heavy (non-hydrogen) atoms. The highest BCUT2D eigenvalue weighted by Gasteiger charge is 2.17. The van der Waals surface area contributed by atoms with Crippen LogP contribution in [0.2, 0.25) is 0 Å². The zero-order chi connectivity index (χ0) is 19.4. The second kappa shape index (κ2) is 7.98. The van der Waals surface area contributed by atoms with Crippen molar-refractivity contribution < 1.29 is 22.7 Å². The maximum Gasteiger partial charge on any atom is 0.240 e. The fraction of sp³-hybridized carbons (Fsp3) is 0.316. The third-order valence-electron chi connectivity index (χ3n) is 4.10. The van der Waals surface area contributed by atoms with Crippen molar-refractivity contribution in [2.24, 2.45) is 0 Å². The molecule has 0 bridgehead atoms. The lowest BCUT2D eigenvalue weighted by Crippen LogP contribution is -2.28. The van der Waals surface area contributed by atoms with Crippen molar-refractivity contribution in [1.29, 1.82) is 0 Å². The van der Waals surface area contributed by atoms with Gasteiger partial charge < -0.3 is 14.8 Å². The monoisotopic (exact) mass is 390 g/mol. The van der Waals surface area contributed by atoms with Crippen molar-refractivity contribution in [3.63, 3.8) is 0 Å². The number of hydrogen-bond acceptors (Lipinski definition) is 5. The van der Waals surface area contributed by atoms with Gasteiger partial charge in [-0.25, -0.2) is 13.1 Å². The minimum atomic E-state index is -3.66. The summed E-state index contributed by atoms with van der Waals surface area (Å²) in [6.07, 6.45) is 0.0124. The van der Waals surface area contributed by atoms with E-state index >= 15 is 0 Å². The zero-order valence-electron chi connectivity index (χ0n) is 15.2. The standard InChI is InChI=1S/C19H22N2O5S/c1-13-3-4-14(2)18(11-13)27(23,24)20-8-7-19(22)21-15-5-6-16-17(12-15)26-10-9-25-16/h3-6,11-12,20H,7-10H2,1-2H3,(H,21,22). The second-order valence-corrected chi connectivity index (χ2v) is 8.06. The molecule has 2 aromatic carbocycles. The third-order valence-corrected chi connectivity index (χ3v) is 5.71. The number of sulfonamides is 1. The molecule has 0 fully saturated rings. The molecule has 1 heterocycles. The van der Waals surface area contributed by atoms with E-state index in [4.69, 9.17) is 9.47 Å². The lowest BCUT2D eigenvalue weighted by atomic mass is 10.2. The number of ether oxygens (including phenoxy) is 2. The summed E-state index contributed by atoms with van der Waals surface area (Å²) < 4.78 is 38.2. The molecule has 1 amide bonds. The van der Waals surface area contributed by atoms with Gasteiger partial charge in [-0.2, -0.15) is 0 Å². The van der Waals surface area contributed by atoms with Gasteiger partial charge in [0, 0.05) is 24.7 Å². The Labute approximate surface area is 158 Å². The minimum Gasteiger partial charge on any atom is -0.486 e. The average Bonchev–Trinajstić information content (AvgIpc) is 2.63. The molecule has 7 nitrogen and oxygen atoms in total. The van der Waals surface area contributed by atoms with Gasteiger partial charge in [-0.3, -0.25) is 4.79 Å². The predicted octanol–water partition coefficient (Wildman–Crippen LogP) is 2.38. The summed E-state index contributed by atoms with van der Waals surface area (Å²) in [5.41, 5.74) is 2.09. The van der Waals surface area contributed by atoms with Gasteiger partial charge in [-0.1, -0.05) is 12.1 Å². The molecule has 0 saturated carbocycles. The molecular weight excluding hydrogens is 368 g/mol. The van der Waals surface area contributed by atoms with E-state index in [0.29, 0.717) is 36.0 Å². The summed E-state index contributed by atoms with van der Waals surface area (Å²) in [6.45, 7) is 4.54. The molecular formula is C19H22N2O5S. The van der Waals surface area contributed by atoms with Crippen LogP contribution < -0.4 is 19.5 Å². The highest BCUT2D eigenvalue weighted by molar-refractivity contribution is 7.89. The van der Waals surface area contributed by atoms with E-state index in [0.717, 1.165) is 5.56 Å². The molecule has 0 radical (unpaired) electrons. The summed E-state index contributed by atoms with van der Waals surface area (Å²) in [7, 11) is -3.66. The first-order valence-electron chi connectivity index (χ1n) is 8.61. The van der Waals surface area contributed by atoms with Crippen LogP contribution in [0.15, 0.2) is 41.3 Å². The first-order chi connectivity index (χ1) is 12.8. The van der Waals surface area contributed by atoms with E-state index in [2.05, 4.69) is 10.0 Å². The van der Waals surface area contributed by atoms with Crippen LogP contribution in [0.5, 0.6) is 11.5 Å². The molecule has 1 aliphatic heterocycles. The highest BCUT2D eigenvalue weighted by atomic mass is 32.2.